The second-order valence-electron chi connectivity index (χ2n) is 7.15. The molecule has 5 heteroatoms. The quantitative estimate of drug-likeness (QED) is 0.405. The molecule has 0 aliphatic heterocycles. The van der Waals surface area contributed by atoms with Crippen LogP contribution in [0.2, 0.25) is 0 Å². The number of fused-ring (bicyclic) bond motifs is 1. The van der Waals surface area contributed by atoms with Crippen LogP contribution in [0.15, 0.2) is 78.9 Å². The Morgan fingerprint density at radius 2 is 1.60 bits per heavy atom. The second-order valence-corrected chi connectivity index (χ2v) is 8.27. The zero-order valence-electron chi connectivity index (χ0n) is 16.7. The minimum atomic E-state index is 0.0417. The van der Waals surface area contributed by atoms with Crippen molar-refractivity contribution in [2.45, 2.75) is 32.6 Å². The lowest BCUT2D eigenvalue weighted by atomic mass is 10.1. The molecule has 1 aromatic heterocycles. The maximum Gasteiger partial charge on any atom is 0.220 e. The maximum atomic E-state index is 12.3. The van der Waals surface area contributed by atoms with E-state index in [4.69, 9.17) is 4.74 Å². The van der Waals surface area contributed by atoms with Gasteiger partial charge in [0, 0.05) is 19.4 Å². The van der Waals surface area contributed by atoms with Crippen molar-refractivity contribution in [1.29, 1.82) is 0 Å². The van der Waals surface area contributed by atoms with Gasteiger partial charge in [0.15, 0.2) is 0 Å². The summed E-state index contributed by atoms with van der Waals surface area (Å²) in [5.74, 6) is 0.0417. The van der Waals surface area contributed by atoms with E-state index in [-0.39, 0.29) is 5.91 Å². The highest BCUT2D eigenvalue weighted by atomic mass is 32.1. The zero-order chi connectivity index (χ0) is 20.6. The Kier molecular flexibility index (Phi) is 6.85. The Morgan fingerprint density at radius 3 is 2.47 bits per heavy atom. The molecule has 4 rings (SSSR count). The summed E-state index contributed by atoms with van der Waals surface area (Å²) in [6.45, 7) is 1.66. The number of rotatable bonds is 9. The highest BCUT2D eigenvalue weighted by molar-refractivity contribution is 7.18. The molecule has 0 radical (unpaired) electrons. The topological polar surface area (TPSA) is 51.2 Å². The molecule has 0 saturated heterocycles. The number of carbonyl (C=O) groups excluding carboxylic acids is 1. The third kappa shape index (κ3) is 5.75. The molecule has 0 aliphatic rings. The van der Waals surface area contributed by atoms with Gasteiger partial charge in [0.05, 0.1) is 28.4 Å². The minimum Gasteiger partial charge on any atom is -0.372 e. The largest absolute Gasteiger partial charge is 0.372 e. The summed E-state index contributed by atoms with van der Waals surface area (Å²) in [4.78, 5) is 16.8. The fourth-order valence-electron chi connectivity index (χ4n) is 3.23. The molecule has 30 heavy (non-hydrogen) atoms. The predicted molar refractivity (Wildman–Crippen MR) is 121 cm³/mol. The number of nitrogens with one attached hydrogen (secondary N) is 1. The molecule has 0 saturated carbocycles. The van der Waals surface area contributed by atoms with E-state index in [0.717, 1.165) is 27.2 Å². The van der Waals surface area contributed by atoms with Gasteiger partial charge >= 0.3 is 0 Å². The molecule has 4 aromatic rings. The Balaban J connectivity index is 1.22. The number of nitrogens with zero attached hydrogens (tertiary/aromatic N) is 1. The Labute approximate surface area is 180 Å². The molecule has 152 valence electrons. The van der Waals surface area contributed by atoms with E-state index >= 15 is 0 Å². The summed E-state index contributed by atoms with van der Waals surface area (Å²) < 4.78 is 6.97. The number of hydrogen-bond donors (Lipinski definition) is 1. The fourth-order valence-corrected chi connectivity index (χ4v) is 4.19. The third-order valence-corrected chi connectivity index (χ3v) is 5.86. The molecule has 0 spiro atoms. The van der Waals surface area contributed by atoms with Gasteiger partial charge in [-0.1, -0.05) is 66.7 Å². The van der Waals surface area contributed by atoms with Gasteiger partial charge in [-0.15, -0.1) is 11.3 Å². The van der Waals surface area contributed by atoms with E-state index in [2.05, 4.69) is 34.6 Å². The van der Waals surface area contributed by atoms with Crippen LogP contribution in [0.25, 0.3) is 10.2 Å². The van der Waals surface area contributed by atoms with Crippen LogP contribution in [0.1, 0.15) is 28.1 Å². The van der Waals surface area contributed by atoms with Crippen molar-refractivity contribution in [3.8, 4) is 0 Å². The Bertz CT molecular complexity index is 1080. The van der Waals surface area contributed by atoms with Crippen LogP contribution in [-0.4, -0.2) is 10.9 Å². The first-order valence-electron chi connectivity index (χ1n) is 10.1. The fraction of sp³-hybridized carbons (Fsp3) is 0.200. The molecule has 0 atom stereocenters. The van der Waals surface area contributed by atoms with Gasteiger partial charge in [-0.3, -0.25) is 4.79 Å². The van der Waals surface area contributed by atoms with Crippen LogP contribution in [0.5, 0.6) is 0 Å². The van der Waals surface area contributed by atoms with Crippen LogP contribution >= 0.6 is 11.3 Å². The van der Waals surface area contributed by atoms with Gasteiger partial charge in [-0.05, 0) is 28.8 Å². The normalized spacial score (nSPS) is 10.9. The van der Waals surface area contributed by atoms with Crippen LogP contribution < -0.4 is 5.32 Å². The van der Waals surface area contributed by atoms with Crippen molar-refractivity contribution in [1.82, 2.24) is 10.3 Å². The number of carbonyl (C=O) groups is 1. The van der Waals surface area contributed by atoms with Gasteiger partial charge in [0.25, 0.3) is 0 Å². The first-order valence-corrected chi connectivity index (χ1v) is 10.9. The zero-order valence-corrected chi connectivity index (χ0v) is 17.5. The smallest absolute Gasteiger partial charge is 0.220 e. The number of benzene rings is 3. The van der Waals surface area contributed by atoms with E-state index in [9.17, 15) is 4.79 Å². The van der Waals surface area contributed by atoms with Crippen LogP contribution in [0.3, 0.4) is 0 Å². The molecule has 0 aliphatic carbocycles. The molecular formula is C25H24N2O2S. The van der Waals surface area contributed by atoms with Crippen molar-refractivity contribution in [3.63, 3.8) is 0 Å². The number of ether oxygens (including phenoxy) is 1. The number of aromatic nitrogens is 1. The summed E-state index contributed by atoms with van der Waals surface area (Å²) in [6, 6.07) is 26.4. The molecule has 3 aromatic carbocycles. The van der Waals surface area contributed by atoms with Crippen molar-refractivity contribution < 1.29 is 9.53 Å². The van der Waals surface area contributed by atoms with Crippen molar-refractivity contribution in [2.75, 3.05) is 0 Å². The van der Waals surface area contributed by atoms with Gasteiger partial charge in [0.2, 0.25) is 5.91 Å². The minimum absolute atomic E-state index is 0.0417. The molecule has 4 nitrogen and oxygen atoms in total. The number of aryl methyl sites for hydroxylation is 1. The summed E-state index contributed by atoms with van der Waals surface area (Å²) >= 11 is 1.66. The predicted octanol–water partition coefficient (Wildman–Crippen LogP) is 5.26. The molecule has 1 N–H and O–H groups in total. The number of amides is 1. The average Bonchev–Trinajstić information content (AvgIpc) is 3.20. The summed E-state index contributed by atoms with van der Waals surface area (Å²) in [7, 11) is 0. The number of para-hydroxylation sites is 1. The van der Waals surface area contributed by atoms with Crippen LogP contribution in [0.4, 0.5) is 0 Å². The van der Waals surface area contributed by atoms with Gasteiger partial charge < -0.3 is 10.1 Å². The Hall–Kier alpha value is -3.02. The summed E-state index contributed by atoms with van der Waals surface area (Å²) in [6.07, 6.45) is 1.11. The van der Waals surface area contributed by atoms with E-state index in [1.165, 1.54) is 4.70 Å². The van der Waals surface area contributed by atoms with E-state index in [1.807, 2.05) is 54.6 Å². The van der Waals surface area contributed by atoms with E-state index < -0.39 is 0 Å². The average molecular weight is 417 g/mol. The number of thiazole rings is 1. The number of hydrogen-bond acceptors (Lipinski definition) is 4. The van der Waals surface area contributed by atoms with Crippen LogP contribution in [0, 0.1) is 0 Å². The Morgan fingerprint density at radius 1 is 0.867 bits per heavy atom. The highest BCUT2D eigenvalue weighted by Crippen LogP contribution is 2.22. The summed E-state index contributed by atoms with van der Waals surface area (Å²) in [5.41, 5.74) is 4.34. The SMILES string of the molecule is O=C(CCc1nc2ccccc2s1)NCc1cccc(COCc2ccccc2)c1. The van der Waals surface area contributed by atoms with Crippen LogP contribution in [-0.2, 0) is 35.7 Å². The first kappa shape index (κ1) is 20.3. The van der Waals surface area contributed by atoms with Crippen molar-refractivity contribution in [3.05, 3.63) is 101 Å². The summed E-state index contributed by atoms with van der Waals surface area (Å²) in [5, 5.41) is 4.01. The standard InChI is InChI=1S/C25H24N2O2S/c28-24(13-14-25-27-22-11-4-5-12-23(22)30-25)26-16-20-9-6-10-21(15-20)18-29-17-19-7-2-1-3-8-19/h1-12,15H,13-14,16-18H2,(H,26,28). The molecule has 1 amide bonds. The lowest BCUT2D eigenvalue weighted by Crippen LogP contribution is -2.23. The van der Waals surface area contributed by atoms with Gasteiger partial charge in [-0.25, -0.2) is 4.98 Å². The van der Waals surface area contributed by atoms with Crippen molar-refractivity contribution >= 4 is 27.5 Å². The maximum absolute atomic E-state index is 12.3. The van der Waals surface area contributed by atoms with E-state index in [0.29, 0.717) is 32.6 Å². The lowest BCUT2D eigenvalue weighted by Gasteiger charge is -2.08. The first-order chi connectivity index (χ1) is 14.8. The molecule has 0 fully saturated rings. The second kappa shape index (κ2) is 10.1. The van der Waals surface area contributed by atoms with Gasteiger partial charge in [0.1, 0.15) is 0 Å². The third-order valence-electron chi connectivity index (χ3n) is 4.77. The molecule has 0 bridgehead atoms. The molecular weight excluding hydrogens is 392 g/mol. The van der Waals surface area contributed by atoms with Gasteiger partial charge in [-0.2, -0.15) is 0 Å². The van der Waals surface area contributed by atoms with E-state index in [1.54, 1.807) is 11.3 Å². The monoisotopic (exact) mass is 416 g/mol. The molecule has 1 heterocycles. The molecule has 0 unspecified atom stereocenters. The lowest BCUT2D eigenvalue weighted by molar-refractivity contribution is -0.121. The highest BCUT2D eigenvalue weighted by Gasteiger charge is 2.07. The van der Waals surface area contributed by atoms with Crippen molar-refractivity contribution in [2.24, 2.45) is 0 Å².